The van der Waals surface area contributed by atoms with Gasteiger partial charge in [0.1, 0.15) is 18.6 Å². The summed E-state index contributed by atoms with van der Waals surface area (Å²) in [5, 5.41) is 20.2. The van der Waals surface area contributed by atoms with Gasteiger partial charge in [-0.05, 0) is 60.6 Å². The average molecular weight is 490 g/mol. The third-order valence-electron chi connectivity index (χ3n) is 9.18. The quantitative estimate of drug-likeness (QED) is 0.580. The van der Waals surface area contributed by atoms with E-state index in [9.17, 15) is 14.8 Å². The van der Waals surface area contributed by atoms with Gasteiger partial charge >= 0.3 is 0 Å². The number of nitrogens with zero attached hydrogens (tertiary/aromatic N) is 4. The molecule has 3 aliphatic rings. The number of fused-ring (bicyclic) bond motifs is 2. The third-order valence-corrected chi connectivity index (χ3v) is 9.18. The minimum absolute atomic E-state index is 0.0601. The van der Waals surface area contributed by atoms with Crippen molar-refractivity contribution < 1.29 is 14.1 Å². The predicted molar refractivity (Wildman–Crippen MR) is 142 cm³/mol. The Hall–Kier alpha value is -2.75. The van der Waals surface area contributed by atoms with Crippen molar-refractivity contribution in [1.82, 2.24) is 4.90 Å². The van der Waals surface area contributed by atoms with E-state index >= 15 is 0 Å². The molecule has 1 unspecified atom stereocenters. The molecule has 3 heterocycles. The van der Waals surface area contributed by atoms with Crippen LogP contribution in [0.15, 0.2) is 36.4 Å². The first-order chi connectivity index (χ1) is 17.2. The summed E-state index contributed by atoms with van der Waals surface area (Å²) in [6.45, 7) is 15.2. The Morgan fingerprint density at radius 2 is 1.97 bits per heavy atom. The SMILES string of the molecule is C=[N+]1CC2(CC)C[C@H]1N(Cc1ccc(N3CCC(O)(C(C)C)CC3)c(-c3ccc(C#N)c(F)c3)c1)C2. The lowest BCUT2D eigenvalue weighted by Crippen LogP contribution is -2.47. The van der Waals surface area contributed by atoms with Crippen LogP contribution in [0.1, 0.15) is 57.6 Å². The Bertz CT molecular complexity index is 1210. The molecule has 5 nitrogen and oxygen atoms in total. The highest BCUT2D eigenvalue weighted by Crippen LogP contribution is 2.45. The average Bonchev–Trinajstić information content (AvgIpc) is 3.39. The topological polar surface area (TPSA) is 53.5 Å². The van der Waals surface area contributed by atoms with Gasteiger partial charge in [0.25, 0.3) is 0 Å². The minimum atomic E-state index is -0.637. The summed E-state index contributed by atoms with van der Waals surface area (Å²) in [5.41, 5.74) is 3.77. The van der Waals surface area contributed by atoms with Crippen LogP contribution in [0.3, 0.4) is 0 Å². The molecule has 0 amide bonds. The summed E-state index contributed by atoms with van der Waals surface area (Å²) in [6, 6.07) is 13.4. The second-order valence-corrected chi connectivity index (χ2v) is 11.6. The van der Waals surface area contributed by atoms with Gasteiger partial charge in [0.2, 0.25) is 6.17 Å². The molecule has 2 aromatic carbocycles. The first-order valence-electron chi connectivity index (χ1n) is 13.3. The van der Waals surface area contributed by atoms with Gasteiger partial charge in [0, 0.05) is 49.3 Å². The van der Waals surface area contributed by atoms with Gasteiger partial charge in [-0.15, -0.1) is 0 Å². The lowest BCUT2D eigenvalue weighted by atomic mass is 9.81. The highest BCUT2D eigenvalue weighted by Gasteiger charge is 2.56. The largest absolute Gasteiger partial charge is 0.389 e. The van der Waals surface area contributed by atoms with Gasteiger partial charge in [-0.25, -0.2) is 13.9 Å². The van der Waals surface area contributed by atoms with Crippen LogP contribution in [-0.4, -0.2) is 59.2 Å². The number of hydrogen-bond donors (Lipinski definition) is 1. The van der Waals surface area contributed by atoms with E-state index in [0.29, 0.717) is 24.4 Å². The normalized spacial score (nSPS) is 25.5. The van der Waals surface area contributed by atoms with Crippen molar-refractivity contribution in [3.8, 4) is 17.2 Å². The van der Waals surface area contributed by atoms with Gasteiger partial charge in [-0.2, -0.15) is 5.26 Å². The molecule has 3 fully saturated rings. The van der Waals surface area contributed by atoms with Crippen molar-refractivity contribution in [2.45, 2.75) is 64.8 Å². The number of benzene rings is 2. The van der Waals surface area contributed by atoms with Crippen LogP contribution in [0.4, 0.5) is 10.1 Å². The van der Waals surface area contributed by atoms with E-state index in [0.717, 1.165) is 49.5 Å². The van der Waals surface area contributed by atoms with E-state index in [4.69, 9.17) is 0 Å². The number of anilines is 1. The van der Waals surface area contributed by atoms with Crippen LogP contribution in [0, 0.1) is 28.5 Å². The summed E-state index contributed by atoms with van der Waals surface area (Å²) in [4.78, 5) is 4.84. The number of rotatable bonds is 6. The lowest BCUT2D eigenvalue weighted by molar-refractivity contribution is -0.577. The maximum atomic E-state index is 14.7. The van der Waals surface area contributed by atoms with Gasteiger partial charge in [0.05, 0.1) is 11.2 Å². The van der Waals surface area contributed by atoms with Crippen LogP contribution < -0.4 is 4.90 Å². The Balaban J connectivity index is 1.47. The van der Waals surface area contributed by atoms with Crippen molar-refractivity contribution in [2.24, 2.45) is 11.3 Å². The summed E-state index contributed by atoms with van der Waals surface area (Å²) in [6.07, 6.45) is 4.13. The number of likely N-dealkylation sites (tertiary alicyclic amines) is 1. The van der Waals surface area contributed by atoms with Crippen molar-refractivity contribution in [3.05, 3.63) is 53.3 Å². The third kappa shape index (κ3) is 4.33. The zero-order valence-electron chi connectivity index (χ0n) is 21.8. The van der Waals surface area contributed by atoms with Gasteiger partial charge in [-0.1, -0.05) is 32.9 Å². The van der Waals surface area contributed by atoms with E-state index in [2.05, 4.69) is 60.1 Å². The lowest BCUT2D eigenvalue weighted by Gasteiger charge is -2.42. The second-order valence-electron chi connectivity index (χ2n) is 11.6. The smallest absolute Gasteiger partial charge is 0.209 e. The molecule has 3 aliphatic heterocycles. The van der Waals surface area contributed by atoms with Crippen LogP contribution in [0.5, 0.6) is 0 Å². The number of piperidine rings is 1. The molecule has 190 valence electrons. The predicted octanol–water partition coefficient (Wildman–Crippen LogP) is 5.01. The molecule has 0 spiro atoms. The second kappa shape index (κ2) is 9.28. The molecule has 0 saturated carbocycles. The van der Waals surface area contributed by atoms with Crippen molar-refractivity contribution in [2.75, 3.05) is 31.1 Å². The Morgan fingerprint density at radius 3 is 2.58 bits per heavy atom. The first-order valence-corrected chi connectivity index (χ1v) is 13.3. The van der Waals surface area contributed by atoms with Crippen molar-refractivity contribution in [1.29, 1.82) is 5.26 Å². The highest BCUT2D eigenvalue weighted by molar-refractivity contribution is 5.80. The maximum absolute atomic E-state index is 14.7. The fourth-order valence-corrected chi connectivity index (χ4v) is 6.57. The standard InChI is InChI=1S/C30H38FN4O/c1-5-29-16-28(33(4)19-29)35(20-29)18-22-6-9-27(34-12-10-30(36,11-13-34)21(2)3)25(14-22)23-7-8-24(17-32)26(31)15-23/h6-9,14-15,21,28,36H,4-5,10-13,16,18-20H2,1-3H3/q+1/t28-,29?/m1/s1. The number of halogens is 1. The van der Waals surface area contributed by atoms with Crippen LogP contribution in [0.25, 0.3) is 11.1 Å². The summed E-state index contributed by atoms with van der Waals surface area (Å²) >= 11 is 0. The maximum Gasteiger partial charge on any atom is 0.209 e. The molecular weight excluding hydrogens is 451 g/mol. The minimum Gasteiger partial charge on any atom is -0.389 e. The summed E-state index contributed by atoms with van der Waals surface area (Å²) in [5.74, 6) is -0.280. The molecule has 0 radical (unpaired) electrons. The van der Waals surface area contributed by atoms with E-state index in [1.165, 1.54) is 24.5 Å². The van der Waals surface area contributed by atoms with E-state index < -0.39 is 11.4 Å². The molecule has 2 aromatic rings. The molecular formula is C30H38FN4O+. The molecule has 1 N–H and O–H groups in total. The highest BCUT2D eigenvalue weighted by atomic mass is 19.1. The van der Waals surface area contributed by atoms with Gasteiger partial charge in [0.15, 0.2) is 6.54 Å². The van der Waals surface area contributed by atoms with E-state index in [-0.39, 0.29) is 11.5 Å². The summed E-state index contributed by atoms with van der Waals surface area (Å²) in [7, 11) is 0. The number of aliphatic hydroxyl groups is 1. The fourth-order valence-electron chi connectivity index (χ4n) is 6.57. The van der Waals surface area contributed by atoms with Gasteiger partial charge < -0.3 is 10.0 Å². The molecule has 6 heteroatoms. The molecule has 36 heavy (non-hydrogen) atoms. The number of nitriles is 1. The fraction of sp³-hybridized carbons (Fsp3) is 0.533. The molecule has 0 aromatic heterocycles. The van der Waals surface area contributed by atoms with E-state index in [1.807, 2.05) is 12.1 Å². The molecule has 3 saturated heterocycles. The molecule has 5 rings (SSSR count). The van der Waals surface area contributed by atoms with Crippen LogP contribution in [0.2, 0.25) is 0 Å². The van der Waals surface area contributed by atoms with Crippen LogP contribution in [-0.2, 0) is 6.54 Å². The first kappa shape index (κ1) is 24.9. The molecule has 2 atom stereocenters. The Kier molecular flexibility index (Phi) is 6.43. The Labute approximate surface area is 214 Å². The number of hydrogen-bond acceptors (Lipinski definition) is 4. The van der Waals surface area contributed by atoms with Crippen molar-refractivity contribution >= 4 is 12.4 Å². The van der Waals surface area contributed by atoms with Crippen molar-refractivity contribution in [3.63, 3.8) is 0 Å². The zero-order chi connectivity index (χ0) is 25.7. The van der Waals surface area contributed by atoms with Crippen LogP contribution >= 0.6 is 0 Å². The molecule has 0 aliphatic carbocycles. The summed E-state index contributed by atoms with van der Waals surface area (Å²) < 4.78 is 16.9. The monoisotopic (exact) mass is 489 g/mol. The van der Waals surface area contributed by atoms with Gasteiger partial charge in [-0.3, -0.25) is 0 Å². The zero-order valence-corrected chi connectivity index (χ0v) is 21.8. The van der Waals surface area contributed by atoms with E-state index in [1.54, 1.807) is 6.07 Å². The Morgan fingerprint density at radius 1 is 1.22 bits per heavy atom. The molecule has 2 bridgehead atoms.